The highest BCUT2D eigenvalue weighted by Crippen LogP contribution is 2.14. The van der Waals surface area contributed by atoms with Gasteiger partial charge in [0.2, 0.25) is 0 Å². The van der Waals surface area contributed by atoms with E-state index in [1.165, 1.54) is 30.3 Å². The molecule has 0 aliphatic carbocycles. The molecule has 30 heavy (non-hydrogen) atoms. The molecule has 1 amide bonds. The van der Waals surface area contributed by atoms with Gasteiger partial charge in [-0.15, -0.1) is 4.40 Å². The van der Waals surface area contributed by atoms with E-state index in [2.05, 4.69) is 15.2 Å². The number of hydrogen-bond acceptors (Lipinski definition) is 5. The van der Waals surface area contributed by atoms with Crippen molar-refractivity contribution in [3.8, 4) is 0 Å². The fourth-order valence-electron chi connectivity index (χ4n) is 2.46. The van der Waals surface area contributed by atoms with E-state index in [1.54, 1.807) is 48.5 Å². The number of amidine groups is 1. The number of amides is 1. The molecule has 0 heterocycles. The molecule has 0 saturated heterocycles. The first-order valence-electron chi connectivity index (χ1n) is 8.63. The zero-order valence-corrected chi connectivity index (χ0v) is 16.2. The molecular formula is C20H16N4O5S. The Bertz CT molecular complexity index is 1200. The number of nitro benzene ring substituents is 1. The van der Waals surface area contributed by atoms with E-state index >= 15 is 0 Å². The SMILES string of the molecule is O=C(NNC(=NS(=O)(=O)c1ccccc1)c1ccccc1)c1cccc([N+](=O)[O-])c1. The van der Waals surface area contributed by atoms with Gasteiger partial charge in [-0.1, -0.05) is 54.6 Å². The predicted molar refractivity (Wildman–Crippen MR) is 110 cm³/mol. The van der Waals surface area contributed by atoms with Crippen molar-refractivity contribution in [2.75, 3.05) is 0 Å². The molecule has 0 aliphatic rings. The van der Waals surface area contributed by atoms with Crippen LogP contribution in [0.5, 0.6) is 0 Å². The average molecular weight is 424 g/mol. The van der Waals surface area contributed by atoms with Crippen LogP contribution in [0.2, 0.25) is 0 Å². The molecule has 0 radical (unpaired) electrons. The van der Waals surface area contributed by atoms with E-state index in [9.17, 15) is 23.3 Å². The van der Waals surface area contributed by atoms with Gasteiger partial charge in [-0.05, 0) is 18.2 Å². The molecule has 0 bridgehead atoms. The number of carbonyl (C=O) groups excluding carboxylic acids is 1. The van der Waals surface area contributed by atoms with Gasteiger partial charge < -0.3 is 0 Å². The fourth-order valence-corrected chi connectivity index (χ4v) is 3.46. The lowest BCUT2D eigenvalue weighted by atomic mass is 10.2. The average Bonchev–Trinajstić information content (AvgIpc) is 2.77. The Hall–Kier alpha value is -4.05. The molecule has 0 fully saturated rings. The summed E-state index contributed by atoms with van der Waals surface area (Å²) < 4.78 is 29.1. The minimum atomic E-state index is -4.05. The third-order valence-corrected chi connectivity index (χ3v) is 5.20. The topological polar surface area (TPSA) is 131 Å². The first-order valence-corrected chi connectivity index (χ1v) is 10.1. The molecule has 152 valence electrons. The number of nitrogens with zero attached hydrogens (tertiary/aromatic N) is 2. The quantitative estimate of drug-likeness (QED) is 0.280. The second kappa shape index (κ2) is 8.97. The van der Waals surface area contributed by atoms with Crippen molar-refractivity contribution in [1.29, 1.82) is 0 Å². The summed E-state index contributed by atoms with van der Waals surface area (Å²) in [6.45, 7) is 0. The van der Waals surface area contributed by atoms with E-state index in [0.29, 0.717) is 5.56 Å². The smallest absolute Gasteiger partial charge is 0.280 e. The third kappa shape index (κ3) is 5.06. The highest BCUT2D eigenvalue weighted by molar-refractivity contribution is 7.90. The van der Waals surface area contributed by atoms with Crippen molar-refractivity contribution >= 4 is 27.5 Å². The second-order valence-electron chi connectivity index (χ2n) is 5.98. The van der Waals surface area contributed by atoms with Gasteiger partial charge in [-0.25, -0.2) is 0 Å². The Kier molecular flexibility index (Phi) is 6.18. The summed E-state index contributed by atoms with van der Waals surface area (Å²) in [5.74, 6) is -0.808. The minimum Gasteiger partial charge on any atom is -0.280 e. The van der Waals surface area contributed by atoms with Crippen LogP contribution in [0, 0.1) is 10.1 Å². The standard InChI is InChI=1S/C20H16N4O5S/c25-20(16-10-7-11-17(14-16)24(26)27)22-21-19(15-8-3-1-4-9-15)23-30(28,29)18-12-5-2-6-13-18/h1-14H,(H,21,23)(H,22,25). The highest BCUT2D eigenvalue weighted by Gasteiger charge is 2.17. The molecule has 3 aromatic rings. The summed E-state index contributed by atoms with van der Waals surface area (Å²) in [5.41, 5.74) is 5.03. The van der Waals surface area contributed by atoms with Crippen LogP contribution in [0.3, 0.4) is 0 Å². The van der Waals surface area contributed by atoms with E-state index < -0.39 is 20.9 Å². The monoisotopic (exact) mass is 424 g/mol. The summed E-state index contributed by atoms with van der Waals surface area (Å²) in [4.78, 5) is 22.7. The molecule has 0 spiro atoms. The third-order valence-electron chi connectivity index (χ3n) is 3.91. The van der Waals surface area contributed by atoms with E-state index in [1.807, 2.05) is 0 Å². The normalized spacial score (nSPS) is 11.5. The summed E-state index contributed by atoms with van der Waals surface area (Å²) in [6, 6.07) is 21.1. The van der Waals surface area contributed by atoms with Crippen molar-refractivity contribution in [3.63, 3.8) is 0 Å². The molecule has 9 nitrogen and oxygen atoms in total. The Morgan fingerprint density at radius 1 is 0.833 bits per heavy atom. The summed E-state index contributed by atoms with van der Waals surface area (Å²) >= 11 is 0. The van der Waals surface area contributed by atoms with Crippen molar-refractivity contribution in [3.05, 3.63) is 106 Å². The second-order valence-corrected chi connectivity index (χ2v) is 7.58. The largest absolute Gasteiger partial charge is 0.284 e. The van der Waals surface area contributed by atoms with E-state index in [0.717, 1.165) is 6.07 Å². The fraction of sp³-hybridized carbons (Fsp3) is 0. The van der Waals surface area contributed by atoms with Crippen LogP contribution in [-0.2, 0) is 10.0 Å². The van der Waals surface area contributed by atoms with Gasteiger partial charge in [0, 0.05) is 23.3 Å². The molecule has 0 aromatic heterocycles. The minimum absolute atomic E-state index is 0.00904. The lowest BCUT2D eigenvalue weighted by molar-refractivity contribution is -0.384. The molecule has 2 N–H and O–H groups in total. The number of non-ortho nitro benzene ring substituents is 1. The van der Waals surface area contributed by atoms with Crippen LogP contribution in [-0.4, -0.2) is 25.1 Å². The van der Waals surface area contributed by atoms with Gasteiger partial charge in [0.05, 0.1) is 9.82 Å². The van der Waals surface area contributed by atoms with Gasteiger partial charge in [0.1, 0.15) is 0 Å². The number of hydrogen-bond donors (Lipinski definition) is 2. The number of benzene rings is 3. The first kappa shape index (κ1) is 20.7. The lowest BCUT2D eigenvalue weighted by Gasteiger charge is -2.12. The molecule has 0 aliphatic heterocycles. The van der Waals surface area contributed by atoms with Crippen LogP contribution in [0.1, 0.15) is 15.9 Å². The lowest BCUT2D eigenvalue weighted by Crippen LogP contribution is -2.42. The number of carbonyl (C=O) groups is 1. The Balaban J connectivity index is 1.88. The number of sulfonamides is 1. The zero-order valence-electron chi connectivity index (χ0n) is 15.4. The van der Waals surface area contributed by atoms with Crippen LogP contribution in [0.25, 0.3) is 0 Å². The van der Waals surface area contributed by atoms with Crippen molar-refractivity contribution in [2.45, 2.75) is 4.90 Å². The zero-order chi connectivity index (χ0) is 21.6. The Labute approximate surface area is 172 Å². The molecule has 0 unspecified atom stereocenters. The maximum Gasteiger partial charge on any atom is 0.284 e. The van der Waals surface area contributed by atoms with Crippen molar-refractivity contribution in [1.82, 2.24) is 10.9 Å². The van der Waals surface area contributed by atoms with Gasteiger partial charge in [-0.3, -0.25) is 25.8 Å². The first-order chi connectivity index (χ1) is 14.4. The molecule has 10 heteroatoms. The van der Waals surface area contributed by atoms with Gasteiger partial charge in [-0.2, -0.15) is 8.42 Å². The van der Waals surface area contributed by atoms with Gasteiger partial charge in [0.15, 0.2) is 5.84 Å². The van der Waals surface area contributed by atoms with Crippen LogP contribution < -0.4 is 10.9 Å². The molecule has 0 saturated carbocycles. The van der Waals surface area contributed by atoms with Crippen LogP contribution in [0.4, 0.5) is 5.69 Å². The number of rotatable bonds is 5. The molecule has 3 rings (SSSR count). The summed E-state index contributed by atoms with van der Waals surface area (Å²) in [7, 11) is -4.05. The van der Waals surface area contributed by atoms with Crippen LogP contribution >= 0.6 is 0 Å². The van der Waals surface area contributed by atoms with Gasteiger partial charge >= 0.3 is 0 Å². The Morgan fingerprint density at radius 3 is 2.07 bits per heavy atom. The van der Waals surface area contributed by atoms with Crippen molar-refractivity contribution < 1.29 is 18.1 Å². The Morgan fingerprint density at radius 2 is 1.43 bits per heavy atom. The molecule has 3 aromatic carbocycles. The molecule has 0 atom stereocenters. The maximum absolute atomic E-state index is 12.6. The molecular weight excluding hydrogens is 408 g/mol. The van der Waals surface area contributed by atoms with Crippen LogP contribution in [0.15, 0.2) is 94.2 Å². The maximum atomic E-state index is 12.6. The van der Waals surface area contributed by atoms with E-state index in [4.69, 9.17) is 0 Å². The summed E-state index contributed by atoms with van der Waals surface area (Å²) in [6.07, 6.45) is 0. The number of nitro groups is 1. The predicted octanol–water partition coefficient (Wildman–Crippen LogP) is 2.66. The highest BCUT2D eigenvalue weighted by atomic mass is 32.2. The van der Waals surface area contributed by atoms with E-state index in [-0.39, 0.29) is 22.0 Å². The summed E-state index contributed by atoms with van der Waals surface area (Å²) in [5, 5.41) is 10.9. The van der Waals surface area contributed by atoms with Crippen molar-refractivity contribution in [2.24, 2.45) is 4.40 Å². The number of nitrogens with one attached hydrogen (secondary N) is 2. The van der Waals surface area contributed by atoms with Gasteiger partial charge in [0.25, 0.3) is 21.6 Å². The number of hydrazine groups is 1.